The molecule has 2 fully saturated rings. The normalized spacial score (nSPS) is 25.5. The predicted octanol–water partition coefficient (Wildman–Crippen LogP) is 2.85. The van der Waals surface area contributed by atoms with E-state index >= 15 is 0 Å². The van der Waals surface area contributed by atoms with Crippen molar-refractivity contribution in [3.8, 4) is 10.4 Å². The van der Waals surface area contributed by atoms with Gasteiger partial charge in [-0.05, 0) is 37.7 Å². The van der Waals surface area contributed by atoms with Crippen LogP contribution in [0.15, 0.2) is 24.3 Å². The maximum Gasteiger partial charge on any atom is 0.274 e. The highest BCUT2D eigenvalue weighted by molar-refractivity contribution is 7.15. The monoisotopic (exact) mass is 327 g/mol. The van der Waals surface area contributed by atoms with Crippen molar-refractivity contribution in [1.29, 1.82) is 0 Å². The van der Waals surface area contributed by atoms with Gasteiger partial charge in [-0.1, -0.05) is 29.8 Å². The molecule has 2 heterocycles. The minimum Gasteiger partial charge on any atom is -0.332 e. The Bertz CT molecular complexity index is 769. The molecule has 1 aromatic carbocycles. The number of benzene rings is 1. The summed E-state index contributed by atoms with van der Waals surface area (Å²) in [6, 6.07) is 8.46. The third-order valence-corrected chi connectivity index (χ3v) is 6.04. The van der Waals surface area contributed by atoms with Crippen molar-refractivity contribution in [2.45, 2.75) is 26.3 Å². The number of likely N-dealkylation sites (tertiary alicyclic amines) is 1. The smallest absolute Gasteiger partial charge is 0.274 e. The van der Waals surface area contributed by atoms with Crippen LogP contribution in [-0.4, -0.2) is 34.9 Å². The second kappa shape index (κ2) is 5.42. The van der Waals surface area contributed by atoms with Gasteiger partial charge in [-0.25, -0.2) is 4.98 Å². The van der Waals surface area contributed by atoms with Gasteiger partial charge in [0.05, 0.1) is 9.88 Å². The van der Waals surface area contributed by atoms with Gasteiger partial charge in [-0.2, -0.15) is 0 Å². The van der Waals surface area contributed by atoms with E-state index in [1.807, 2.05) is 17.9 Å². The van der Waals surface area contributed by atoms with Crippen LogP contribution in [0.4, 0.5) is 0 Å². The molecule has 2 aliphatic rings. The Kier molecular flexibility index (Phi) is 3.50. The van der Waals surface area contributed by atoms with Crippen LogP contribution < -0.4 is 5.73 Å². The van der Waals surface area contributed by atoms with E-state index in [0.29, 0.717) is 24.1 Å². The van der Waals surface area contributed by atoms with Crippen LogP contribution in [0.1, 0.15) is 27.5 Å². The number of rotatable bonds is 3. The number of hydrogen-bond donors (Lipinski definition) is 1. The number of fused-ring (bicyclic) bond motifs is 1. The molecule has 2 N–H and O–H groups in total. The SMILES string of the molecule is Cc1cccc(-c2sc(C)nc2C(=O)N2CC3C[C@@H]3C2CN)c1. The Morgan fingerprint density at radius 1 is 1.43 bits per heavy atom. The largest absolute Gasteiger partial charge is 0.332 e. The predicted molar refractivity (Wildman–Crippen MR) is 92.5 cm³/mol. The van der Waals surface area contributed by atoms with E-state index in [0.717, 1.165) is 22.0 Å². The first kappa shape index (κ1) is 14.8. The van der Waals surface area contributed by atoms with E-state index in [-0.39, 0.29) is 11.9 Å². The van der Waals surface area contributed by atoms with Crippen LogP contribution in [0.2, 0.25) is 0 Å². The quantitative estimate of drug-likeness (QED) is 0.943. The summed E-state index contributed by atoms with van der Waals surface area (Å²) in [7, 11) is 0. The summed E-state index contributed by atoms with van der Waals surface area (Å²) in [6.45, 7) is 5.42. The fraction of sp³-hybridized carbons (Fsp3) is 0.444. The Labute approximate surface area is 140 Å². The molecule has 1 aliphatic heterocycles. The van der Waals surface area contributed by atoms with Crippen LogP contribution in [-0.2, 0) is 0 Å². The lowest BCUT2D eigenvalue weighted by Crippen LogP contribution is -2.43. The molecule has 3 atom stereocenters. The molecule has 1 amide bonds. The first-order chi connectivity index (χ1) is 11.1. The van der Waals surface area contributed by atoms with Gasteiger partial charge >= 0.3 is 0 Å². The summed E-state index contributed by atoms with van der Waals surface area (Å²) in [5.74, 6) is 1.33. The fourth-order valence-electron chi connectivity index (χ4n) is 3.80. The van der Waals surface area contributed by atoms with Crippen LogP contribution in [0.25, 0.3) is 10.4 Å². The standard InChI is InChI=1S/C18H21N3OS/c1-10-4-3-5-12(6-10)17-16(20-11(2)23-17)18(22)21-9-13-7-14(13)15(21)8-19/h3-6,13-15H,7-9,19H2,1-2H3/t13?,14-,15?/m0/s1. The average molecular weight is 327 g/mol. The lowest BCUT2D eigenvalue weighted by atomic mass is 10.1. The summed E-state index contributed by atoms with van der Waals surface area (Å²) in [4.78, 5) is 20.6. The van der Waals surface area contributed by atoms with E-state index in [4.69, 9.17) is 5.73 Å². The van der Waals surface area contributed by atoms with Crippen molar-refractivity contribution in [3.05, 3.63) is 40.5 Å². The third-order valence-electron chi connectivity index (χ3n) is 5.02. The molecule has 1 aliphatic carbocycles. The van der Waals surface area contributed by atoms with E-state index < -0.39 is 0 Å². The van der Waals surface area contributed by atoms with Gasteiger partial charge < -0.3 is 10.6 Å². The Morgan fingerprint density at radius 3 is 3.00 bits per heavy atom. The molecule has 0 spiro atoms. The van der Waals surface area contributed by atoms with E-state index in [1.54, 1.807) is 11.3 Å². The zero-order chi connectivity index (χ0) is 16.1. The van der Waals surface area contributed by atoms with E-state index in [1.165, 1.54) is 12.0 Å². The van der Waals surface area contributed by atoms with Gasteiger partial charge in [0.25, 0.3) is 5.91 Å². The summed E-state index contributed by atoms with van der Waals surface area (Å²) in [5.41, 5.74) is 8.78. The highest BCUT2D eigenvalue weighted by Gasteiger charge is 2.53. The number of aryl methyl sites for hydroxylation is 2. The van der Waals surface area contributed by atoms with Gasteiger partial charge in [0.2, 0.25) is 0 Å². The zero-order valence-electron chi connectivity index (χ0n) is 13.5. The summed E-state index contributed by atoms with van der Waals surface area (Å²) in [6.07, 6.45) is 1.23. The molecule has 23 heavy (non-hydrogen) atoms. The first-order valence-corrected chi connectivity index (χ1v) is 8.95. The molecule has 2 unspecified atom stereocenters. The number of carbonyl (C=O) groups excluding carboxylic acids is 1. The topological polar surface area (TPSA) is 59.2 Å². The Morgan fingerprint density at radius 2 is 2.26 bits per heavy atom. The number of aromatic nitrogens is 1. The second-order valence-corrected chi connectivity index (χ2v) is 7.90. The molecule has 1 saturated heterocycles. The molecule has 0 bridgehead atoms. The van der Waals surface area contributed by atoms with Crippen molar-refractivity contribution < 1.29 is 4.79 Å². The fourth-order valence-corrected chi connectivity index (χ4v) is 4.70. The lowest BCUT2D eigenvalue weighted by molar-refractivity contribution is 0.0708. The van der Waals surface area contributed by atoms with Crippen molar-refractivity contribution in [2.24, 2.45) is 17.6 Å². The summed E-state index contributed by atoms with van der Waals surface area (Å²) in [5, 5.41) is 0.929. The minimum atomic E-state index is 0.0495. The van der Waals surface area contributed by atoms with E-state index in [2.05, 4.69) is 30.1 Å². The molecule has 4 nitrogen and oxygen atoms in total. The van der Waals surface area contributed by atoms with Gasteiger partial charge in [-0.3, -0.25) is 4.79 Å². The molecule has 1 aromatic heterocycles. The number of hydrogen-bond acceptors (Lipinski definition) is 4. The minimum absolute atomic E-state index is 0.0495. The number of amides is 1. The number of carbonyl (C=O) groups is 1. The van der Waals surface area contributed by atoms with Crippen molar-refractivity contribution in [2.75, 3.05) is 13.1 Å². The molecule has 1 saturated carbocycles. The first-order valence-electron chi connectivity index (χ1n) is 8.14. The van der Waals surface area contributed by atoms with Crippen LogP contribution in [0, 0.1) is 25.7 Å². The zero-order valence-corrected chi connectivity index (χ0v) is 14.3. The molecule has 4 rings (SSSR count). The lowest BCUT2D eigenvalue weighted by Gasteiger charge is -2.26. The van der Waals surface area contributed by atoms with Gasteiger partial charge in [-0.15, -0.1) is 11.3 Å². The van der Waals surface area contributed by atoms with Crippen LogP contribution >= 0.6 is 11.3 Å². The van der Waals surface area contributed by atoms with Crippen LogP contribution in [0.5, 0.6) is 0 Å². The number of nitrogens with zero attached hydrogens (tertiary/aromatic N) is 2. The number of thiazole rings is 1. The molecular weight excluding hydrogens is 306 g/mol. The summed E-state index contributed by atoms with van der Waals surface area (Å²) < 4.78 is 0. The Hall–Kier alpha value is -1.72. The van der Waals surface area contributed by atoms with Gasteiger partial charge in [0.1, 0.15) is 5.69 Å². The molecule has 5 heteroatoms. The maximum absolute atomic E-state index is 13.1. The maximum atomic E-state index is 13.1. The average Bonchev–Trinajstić information content (AvgIpc) is 3.03. The third kappa shape index (κ3) is 2.48. The highest BCUT2D eigenvalue weighted by atomic mass is 32.1. The van der Waals surface area contributed by atoms with Crippen LogP contribution in [0.3, 0.4) is 0 Å². The Balaban J connectivity index is 1.70. The van der Waals surface area contributed by atoms with Gasteiger partial charge in [0, 0.05) is 19.1 Å². The van der Waals surface area contributed by atoms with Crippen molar-refractivity contribution >= 4 is 17.2 Å². The van der Waals surface area contributed by atoms with Gasteiger partial charge in [0.15, 0.2) is 0 Å². The molecular formula is C18H21N3OS. The molecule has 120 valence electrons. The molecule has 2 aromatic rings. The molecule has 0 radical (unpaired) electrons. The summed E-state index contributed by atoms with van der Waals surface area (Å²) >= 11 is 1.59. The van der Waals surface area contributed by atoms with Crippen molar-refractivity contribution in [1.82, 2.24) is 9.88 Å². The highest BCUT2D eigenvalue weighted by Crippen LogP contribution is 2.49. The van der Waals surface area contributed by atoms with E-state index in [9.17, 15) is 4.79 Å². The van der Waals surface area contributed by atoms with Crippen molar-refractivity contribution in [3.63, 3.8) is 0 Å². The number of nitrogens with two attached hydrogens (primary N) is 1. The number of piperidine rings is 1. The second-order valence-electron chi connectivity index (χ2n) is 6.70.